The maximum Gasteiger partial charge on any atom is 0.167 e. The highest BCUT2D eigenvalue weighted by atomic mass is 35.5. The molecule has 0 saturated heterocycles. The molecule has 2 rings (SSSR count). The highest BCUT2D eigenvalue weighted by Gasteiger charge is 2.10. The monoisotopic (exact) mass is 276 g/mol. The van der Waals surface area contributed by atoms with E-state index in [-0.39, 0.29) is 18.0 Å². The molecule has 98 valence electrons. The van der Waals surface area contributed by atoms with Gasteiger partial charge >= 0.3 is 0 Å². The van der Waals surface area contributed by atoms with E-state index in [2.05, 4.69) is 0 Å². The van der Waals surface area contributed by atoms with Gasteiger partial charge in [0.25, 0.3) is 0 Å². The van der Waals surface area contributed by atoms with Crippen LogP contribution in [0.15, 0.2) is 36.4 Å². The first-order chi connectivity index (χ1) is 8.97. The maximum atomic E-state index is 13.0. The summed E-state index contributed by atoms with van der Waals surface area (Å²) in [5, 5.41) is 0.648. The Morgan fingerprint density at radius 2 is 1.84 bits per heavy atom. The van der Waals surface area contributed by atoms with Crippen molar-refractivity contribution in [2.24, 2.45) is 0 Å². The van der Waals surface area contributed by atoms with E-state index < -0.39 is 0 Å². The van der Waals surface area contributed by atoms with Crippen LogP contribution in [0.3, 0.4) is 0 Å². The number of carbonyl (C=O) groups excluding carboxylic acids is 1. The summed E-state index contributed by atoms with van der Waals surface area (Å²) in [4.78, 5) is 12.2. The number of Topliss-reactive ketones (excluding diaryl/α,β-unsaturated/α-hetero) is 1. The molecule has 0 saturated carbocycles. The predicted octanol–water partition coefficient (Wildman–Crippen LogP) is 4.52. The number of ketones is 1. The Kier molecular flexibility index (Phi) is 4.01. The van der Waals surface area contributed by atoms with Crippen molar-refractivity contribution in [3.05, 3.63) is 69.5 Å². The van der Waals surface area contributed by atoms with Crippen LogP contribution in [0.5, 0.6) is 0 Å². The minimum absolute atomic E-state index is 0.00877. The Hall–Kier alpha value is -1.67. The van der Waals surface area contributed by atoms with Gasteiger partial charge in [-0.1, -0.05) is 17.7 Å². The molecule has 0 unspecified atom stereocenters. The zero-order valence-electron chi connectivity index (χ0n) is 10.8. The molecule has 0 spiro atoms. The normalized spacial score (nSPS) is 10.5. The van der Waals surface area contributed by atoms with Crippen LogP contribution in [0.1, 0.15) is 27.0 Å². The van der Waals surface area contributed by atoms with Crippen molar-refractivity contribution in [1.29, 1.82) is 0 Å². The van der Waals surface area contributed by atoms with E-state index in [1.807, 2.05) is 6.92 Å². The van der Waals surface area contributed by atoms with Crippen molar-refractivity contribution in [2.45, 2.75) is 20.3 Å². The Balaban J connectivity index is 2.23. The minimum atomic E-state index is -0.281. The fraction of sp³-hybridized carbons (Fsp3) is 0.188. The van der Waals surface area contributed by atoms with Crippen LogP contribution in [0.4, 0.5) is 4.39 Å². The highest BCUT2D eigenvalue weighted by molar-refractivity contribution is 6.31. The standard InChI is InChI=1S/C16H14ClFO/c1-10-8-14(18)5-3-12(10)9-16(19)13-4-6-15(17)11(2)7-13/h3-8H,9H2,1-2H3. The average Bonchev–Trinajstić information content (AvgIpc) is 2.36. The molecule has 0 N–H and O–H groups in total. The smallest absolute Gasteiger partial charge is 0.167 e. The first-order valence-electron chi connectivity index (χ1n) is 6.02. The maximum absolute atomic E-state index is 13.0. The number of benzene rings is 2. The van der Waals surface area contributed by atoms with Gasteiger partial charge in [0.05, 0.1) is 0 Å². The van der Waals surface area contributed by atoms with E-state index in [1.54, 1.807) is 31.2 Å². The van der Waals surface area contributed by atoms with Gasteiger partial charge in [-0.05, 0) is 60.9 Å². The molecule has 0 radical (unpaired) electrons. The van der Waals surface area contributed by atoms with Crippen LogP contribution >= 0.6 is 11.6 Å². The van der Waals surface area contributed by atoms with E-state index in [0.29, 0.717) is 10.6 Å². The van der Waals surface area contributed by atoms with Crippen molar-refractivity contribution in [3.8, 4) is 0 Å². The quantitative estimate of drug-likeness (QED) is 0.753. The van der Waals surface area contributed by atoms with Gasteiger partial charge in [-0.25, -0.2) is 4.39 Å². The fourth-order valence-electron chi connectivity index (χ4n) is 1.95. The van der Waals surface area contributed by atoms with Crippen LogP contribution in [-0.2, 0) is 6.42 Å². The number of halogens is 2. The van der Waals surface area contributed by atoms with Gasteiger partial charge in [-0.3, -0.25) is 4.79 Å². The van der Waals surface area contributed by atoms with Crippen LogP contribution in [0.2, 0.25) is 5.02 Å². The van der Waals surface area contributed by atoms with Crippen molar-refractivity contribution in [1.82, 2.24) is 0 Å². The highest BCUT2D eigenvalue weighted by Crippen LogP contribution is 2.19. The number of hydrogen-bond donors (Lipinski definition) is 0. The molecule has 0 fully saturated rings. The molecular weight excluding hydrogens is 263 g/mol. The Bertz CT molecular complexity index is 635. The second-order valence-electron chi connectivity index (χ2n) is 4.63. The number of carbonyl (C=O) groups is 1. The van der Waals surface area contributed by atoms with Crippen LogP contribution in [-0.4, -0.2) is 5.78 Å². The van der Waals surface area contributed by atoms with Crippen molar-refractivity contribution in [3.63, 3.8) is 0 Å². The Labute approximate surface area is 117 Å². The third-order valence-corrected chi connectivity index (χ3v) is 3.56. The molecule has 0 aliphatic carbocycles. The first-order valence-corrected chi connectivity index (χ1v) is 6.39. The lowest BCUT2D eigenvalue weighted by Crippen LogP contribution is -2.05. The van der Waals surface area contributed by atoms with E-state index in [0.717, 1.165) is 16.7 Å². The SMILES string of the molecule is Cc1cc(C(=O)Cc2ccc(F)cc2C)ccc1Cl. The first kappa shape index (κ1) is 13.8. The van der Waals surface area contributed by atoms with Gasteiger partial charge < -0.3 is 0 Å². The van der Waals surface area contributed by atoms with E-state index in [9.17, 15) is 9.18 Å². The summed E-state index contributed by atoms with van der Waals surface area (Å²) >= 11 is 5.94. The van der Waals surface area contributed by atoms with Crippen LogP contribution in [0.25, 0.3) is 0 Å². The lowest BCUT2D eigenvalue weighted by molar-refractivity contribution is 0.0992. The summed E-state index contributed by atoms with van der Waals surface area (Å²) in [5.41, 5.74) is 3.15. The summed E-state index contributed by atoms with van der Waals surface area (Å²) in [5.74, 6) is -0.273. The predicted molar refractivity (Wildman–Crippen MR) is 75.4 cm³/mol. The number of hydrogen-bond acceptors (Lipinski definition) is 1. The molecular formula is C16H14ClFO. The topological polar surface area (TPSA) is 17.1 Å². The molecule has 0 aliphatic heterocycles. The summed E-state index contributed by atoms with van der Waals surface area (Å²) < 4.78 is 13.0. The third kappa shape index (κ3) is 3.21. The Morgan fingerprint density at radius 1 is 1.11 bits per heavy atom. The lowest BCUT2D eigenvalue weighted by Gasteiger charge is -2.07. The zero-order chi connectivity index (χ0) is 14.0. The van der Waals surface area contributed by atoms with Crippen LogP contribution in [0, 0.1) is 19.7 Å². The lowest BCUT2D eigenvalue weighted by atomic mass is 9.98. The molecule has 0 bridgehead atoms. The molecule has 1 nitrogen and oxygen atoms in total. The molecule has 3 heteroatoms. The molecule has 19 heavy (non-hydrogen) atoms. The summed E-state index contributed by atoms with van der Waals surface area (Å²) in [6.07, 6.45) is 0.271. The van der Waals surface area contributed by atoms with Crippen molar-refractivity contribution < 1.29 is 9.18 Å². The zero-order valence-corrected chi connectivity index (χ0v) is 11.6. The van der Waals surface area contributed by atoms with Crippen molar-refractivity contribution in [2.75, 3.05) is 0 Å². The Morgan fingerprint density at radius 3 is 2.47 bits per heavy atom. The molecule has 0 aliphatic rings. The van der Waals surface area contributed by atoms with Gasteiger partial charge in [-0.2, -0.15) is 0 Å². The van der Waals surface area contributed by atoms with Gasteiger partial charge in [0.15, 0.2) is 5.78 Å². The van der Waals surface area contributed by atoms with Gasteiger partial charge in [0, 0.05) is 17.0 Å². The molecule has 2 aromatic rings. The number of aryl methyl sites for hydroxylation is 2. The van der Waals surface area contributed by atoms with Gasteiger partial charge in [0.2, 0.25) is 0 Å². The molecule has 0 heterocycles. The molecule has 2 aromatic carbocycles. The summed E-state index contributed by atoms with van der Waals surface area (Å²) in [6, 6.07) is 9.70. The van der Waals surface area contributed by atoms with Crippen LogP contribution < -0.4 is 0 Å². The average molecular weight is 277 g/mol. The second kappa shape index (κ2) is 5.54. The second-order valence-corrected chi connectivity index (χ2v) is 5.04. The van der Waals surface area contributed by atoms with E-state index in [1.165, 1.54) is 12.1 Å². The van der Waals surface area contributed by atoms with E-state index >= 15 is 0 Å². The van der Waals surface area contributed by atoms with Crippen molar-refractivity contribution >= 4 is 17.4 Å². The fourth-order valence-corrected chi connectivity index (χ4v) is 2.07. The minimum Gasteiger partial charge on any atom is -0.294 e. The molecule has 0 aromatic heterocycles. The molecule has 0 amide bonds. The third-order valence-electron chi connectivity index (χ3n) is 3.14. The summed E-state index contributed by atoms with van der Waals surface area (Å²) in [7, 11) is 0. The van der Waals surface area contributed by atoms with E-state index in [4.69, 9.17) is 11.6 Å². The summed E-state index contributed by atoms with van der Waals surface area (Å²) in [6.45, 7) is 3.67. The largest absolute Gasteiger partial charge is 0.294 e. The molecule has 0 atom stereocenters. The van der Waals surface area contributed by atoms with Gasteiger partial charge in [0.1, 0.15) is 5.82 Å². The van der Waals surface area contributed by atoms with Gasteiger partial charge in [-0.15, -0.1) is 0 Å². The number of rotatable bonds is 3.